The van der Waals surface area contributed by atoms with Crippen LogP contribution in [-0.2, 0) is 9.53 Å². The minimum atomic E-state index is -0.392. The Morgan fingerprint density at radius 2 is 2.44 bits per heavy atom. The monoisotopic (exact) mass is 144 g/mol. The largest absolute Gasteiger partial charge is 0.466 e. The van der Waals surface area contributed by atoms with Crippen LogP contribution in [0.1, 0.15) is 6.42 Å². The first-order chi connectivity index (χ1) is 4.22. The molecular formula is C6H8O2S. The topological polar surface area (TPSA) is 26.3 Å². The summed E-state index contributed by atoms with van der Waals surface area (Å²) in [6.07, 6.45) is 0.419. The van der Waals surface area contributed by atoms with Gasteiger partial charge in [0.2, 0.25) is 0 Å². The van der Waals surface area contributed by atoms with Crippen molar-refractivity contribution in [2.24, 2.45) is 0 Å². The lowest BCUT2D eigenvalue weighted by molar-refractivity contribution is -0.136. The number of ether oxygens (including phenoxy) is 1. The van der Waals surface area contributed by atoms with Crippen molar-refractivity contribution in [1.82, 2.24) is 0 Å². The molecule has 50 valence electrons. The first-order valence-corrected chi connectivity index (χ1v) is 2.89. The maximum atomic E-state index is 10.5. The van der Waals surface area contributed by atoms with Crippen molar-refractivity contribution in [2.45, 2.75) is 6.42 Å². The highest BCUT2D eigenvalue weighted by atomic mass is 32.1. The van der Waals surface area contributed by atoms with E-state index in [1.165, 1.54) is 12.5 Å². The summed E-state index contributed by atoms with van der Waals surface area (Å²) in [7, 11) is 1.32. The van der Waals surface area contributed by atoms with Crippen LogP contribution in [0.15, 0.2) is 12.2 Å². The van der Waals surface area contributed by atoms with E-state index in [2.05, 4.69) is 23.5 Å². The zero-order valence-electron chi connectivity index (χ0n) is 5.22. The van der Waals surface area contributed by atoms with Gasteiger partial charge in [0.25, 0.3) is 0 Å². The van der Waals surface area contributed by atoms with E-state index in [-0.39, 0.29) is 0 Å². The minimum Gasteiger partial charge on any atom is -0.466 e. The second-order valence-corrected chi connectivity index (χ2v) is 1.80. The van der Waals surface area contributed by atoms with E-state index in [1.807, 2.05) is 0 Å². The molecule has 0 rings (SSSR count). The van der Waals surface area contributed by atoms with E-state index in [0.29, 0.717) is 12.0 Å². The van der Waals surface area contributed by atoms with Crippen molar-refractivity contribution in [3.05, 3.63) is 12.2 Å². The van der Waals surface area contributed by atoms with Crippen molar-refractivity contribution >= 4 is 23.6 Å². The van der Waals surface area contributed by atoms with Gasteiger partial charge in [0.1, 0.15) is 0 Å². The van der Waals surface area contributed by atoms with E-state index in [1.54, 1.807) is 0 Å². The Labute approximate surface area is 59.5 Å². The number of carbonyl (C=O) groups is 1. The highest BCUT2D eigenvalue weighted by Crippen LogP contribution is 1.96. The van der Waals surface area contributed by atoms with Gasteiger partial charge in [-0.15, -0.1) is 0 Å². The molecule has 0 radical (unpaired) electrons. The lowest BCUT2D eigenvalue weighted by atomic mass is 10.2. The van der Waals surface area contributed by atoms with Crippen LogP contribution in [0.4, 0.5) is 0 Å². The van der Waals surface area contributed by atoms with Gasteiger partial charge in [-0.3, -0.25) is 0 Å². The van der Waals surface area contributed by atoms with Gasteiger partial charge in [-0.05, 0) is 5.37 Å². The van der Waals surface area contributed by atoms with Gasteiger partial charge in [0, 0.05) is 12.0 Å². The van der Waals surface area contributed by atoms with Crippen molar-refractivity contribution in [3.63, 3.8) is 0 Å². The highest BCUT2D eigenvalue weighted by molar-refractivity contribution is 7.79. The minimum absolute atomic E-state index is 0.392. The average Bonchev–Trinajstić information content (AvgIpc) is 1.87. The first-order valence-electron chi connectivity index (χ1n) is 2.42. The molecule has 0 aliphatic rings. The van der Waals surface area contributed by atoms with Crippen LogP contribution in [0, 0.1) is 0 Å². The SMILES string of the molecule is C=C(CC=S)C(=O)OC. The molecule has 0 aromatic heterocycles. The third-order valence-corrected chi connectivity index (χ3v) is 0.970. The third kappa shape index (κ3) is 2.98. The second kappa shape index (κ2) is 4.21. The van der Waals surface area contributed by atoms with Crippen molar-refractivity contribution in [3.8, 4) is 0 Å². The van der Waals surface area contributed by atoms with Gasteiger partial charge in [-0.25, -0.2) is 4.79 Å². The van der Waals surface area contributed by atoms with E-state index in [0.717, 1.165) is 0 Å². The van der Waals surface area contributed by atoms with Crippen LogP contribution in [-0.4, -0.2) is 18.4 Å². The summed E-state index contributed by atoms with van der Waals surface area (Å²) in [5.74, 6) is -0.392. The summed E-state index contributed by atoms with van der Waals surface area (Å²) in [5, 5.41) is 1.44. The lowest BCUT2D eigenvalue weighted by Gasteiger charge is -1.96. The lowest BCUT2D eigenvalue weighted by Crippen LogP contribution is -2.02. The molecule has 0 unspecified atom stereocenters. The van der Waals surface area contributed by atoms with E-state index in [9.17, 15) is 4.79 Å². The molecule has 9 heavy (non-hydrogen) atoms. The second-order valence-electron chi connectivity index (χ2n) is 1.47. The molecule has 0 amide bonds. The summed E-state index contributed by atoms with van der Waals surface area (Å²) in [6, 6.07) is 0. The summed E-state index contributed by atoms with van der Waals surface area (Å²) in [5.41, 5.74) is 0.396. The number of hydrogen-bond acceptors (Lipinski definition) is 3. The maximum absolute atomic E-state index is 10.5. The summed E-state index contributed by atoms with van der Waals surface area (Å²) >= 11 is 4.50. The van der Waals surface area contributed by atoms with E-state index < -0.39 is 5.97 Å². The van der Waals surface area contributed by atoms with Gasteiger partial charge < -0.3 is 4.74 Å². The van der Waals surface area contributed by atoms with Crippen molar-refractivity contribution < 1.29 is 9.53 Å². The Hall–Kier alpha value is -0.700. The molecular weight excluding hydrogens is 136 g/mol. The fourth-order valence-corrected chi connectivity index (χ4v) is 0.529. The molecule has 0 saturated carbocycles. The summed E-state index contributed by atoms with van der Waals surface area (Å²) in [6.45, 7) is 3.44. The molecule has 0 aromatic rings. The summed E-state index contributed by atoms with van der Waals surface area (Å²) in [4.78, 5) is 10.5. The Morgan fingerprint density at radius 3 is 2.78 bits per heavy atom. The molecule has 0 aromatic carbocycles. The van der Waals surface area contributed by atoms with E-state index >= 15 is 0 Å². The van der Waals surface area contributed by atoms with Crippen molar-refractivity contribution in [2.75, 3.05) is 7.11 Å². The highest BCUT2D eigenvalue weighted by Gasteiger charge is 2.02. The zero-order chi connectivity index (χ0) is 7.28. The number of esters is 1. The number of methoxy groups -OCH3 is 1. The smallest absolute Gasteiger partial charge is 0.333 e. The molecule has 0 spiro atoms. The molecule has 0 heterocycles. The standard InChI is InChI=1S/C6H8O2S/c1-5(3-4-9)6(7)8-2/h4H,1,3H2,2H3. The molecule has 0 aliphatic heterocycles. The normalized spacial score (nSPS) is 8.11. The maximum Gasteiger partial charge on any atom is 0.333 e. The molecule has 0 bridgehead atoms. The predicted molar refractivity (Wildman–Crippen MR) is 39.4 cm³/mol. The van der Waals surface area contributed by atoms with Crippen LogP contribution in [0.5, 0.6) is 0 Å². The Kier molecular flexibility index (Phi) is 3.88. The van der Waals surface area contributed by atoms with Gasteiger partial charge >= 0.3 is 5.97 Å². The molecule has 3 heteroatoms. The van der Waals surface area contributed by atoms with Crippen LogP contribution in [0.2, 0.25) is 0 Å². The van der Waals surface area contributed by atoms with E-state index in [4.69, 9.17) is 0 Å². The number of hydrogen-bond donors (Lipinski definition) is 0. The Balaban J connectivity index is 3.73. The molecule has 0 fully saturated rings. The zero-order valence-corrected chi connectivity index (χ0v) is 6.03. The molecule has 0 aliphatic carbocycles. The average molecular weight is 144 g/mol. The van der Waals surface area contributed by atoms with Crippen molar-refractivity contribution in [1.29, 1.82) is 0 Å². The number of carbonyl (C=O) groups excluding carboxylic acids is 1. The number of thiocarbonyl (C=S) groups is 1. The molecule has 0 atom stereocenters. The van der Waals surface area contributed by atoms with Crippen LogP contribution >= 0.6 is 12.2 Å². The fraction of sp³-hybridized carbons (Fsp3) is 0.333. The third-order valence-electron chi connectivity index (χ3n) is 0.804. The molecule has 0 saturated heterocycles. The first kappa shape index (κ1) is 8.30. The van der Waals surface area contributed by atoms with Crippen LogP contribution < -0.4 is 0 Å². The Morgan fingerprint density at radius 1 is 1.89 bits per heavy atom. The quantitative estimate of drug-likeness (QED) is 0.337. The van der Waals surface area contributed by atoms with Crippen LogP contribution in [0.25, 0.3) is 0 Å². The Bertz CT molecular complexity index is 140. The molecule has 2 nitrogen and oxygen atoms in total. The van der Waals surface area contributed by atoms with Gasteiger partial charge in [-0.1, -0.05) is 18.8 Å². The summed E-state index contributed by atoms with van der Waals surface area (Å²) < 4.78 is 4.36. The van der Waals surface area contributed by atoms with Gasteiger partial charge in [-0.2, -0.15) is 0 Å². The predicted octanol–water partition coefficient (Wildman–Crippen LogP) is 1.11. The number of rotatable bonds is 3. The molecule has 0 N–H and O–H groups in total. The van der Waals surface area contributed by atoms with Gasteiger partial charge in [0.05, 0.1) is 7.11 Å². The van der Waals surface area contributed by atoms with Gasteiger partial charge in [0.15, 0.2) is 0 Å². The van der Waals surface area contributed by atoms with Crippen LogP contribution in [0.3, 0.4) is 0 Å². The fourth-order valence-electron chi connectivity index (χ4n) is 0.328.